The maximum atomic E-state index is 12.6. The van der Waals surface area contributed by atoms with Crippen LogP contribution in [0.5, 0.6) is 11.5 Å². The first kappa shape index (κ1) is 19.1. The summed E-state index contributed by atoms with van der Waals surface area (Å²) >= 11 is 2.39. The first-order chi connectivity index (χ1) is 13.2. The van der Waals surface area contributed by atoms with Gasteiger partial charge in [-0.2, -0.15) is 0 Å². The minimum Gasteiger partial charge on any atom is -0.496 e. The molecule has 8 nitrogen and oxygen atoms in total. The fourth-order valence-electron chi connectivity index (χ4n) is 2.33. The van der Waals surface area contributed by atoms with Gasteiger partial charge in [0.25, 0.3) is 0 Å². The van der Waals surface area contributed by atoms with Crippen molar-refractivity contribution in [2.45, 2.75) is 11.8 Å². The molecule has 0 spiro atoms. The number of aromatic nitrogens is 4. The highest BCUT2D eigenvalue weighted by Gasteiger charge is 2.21. The molecule has 3 aromatic rings. The van der Waals surface area contributed by atoms with Crippen molar-refractivity contribution in [3.63, 3.8) is 0 Å². The Morgan fingerprint density at radius 1 is 1.15 bits per heavy atom. The highest BCUT2D eigenvalue weighted by molar-refractivity contribution is 7.98. The molecular formula is C17H16N4O4S2. The molecule has 0 aliphatic heterocycles. The number of carbonyl (C=O) groups excluding carboxylic acids is 1. The molecule has 140 valence electrons. The van der Waals surface area contributed by atoms with Gasteiger partial charge in [-0.15, -0.1) is 5.10 Å². The predicted octanol–water partition coefficient (Wildman–Crippen LogP) is 3.09. The number of benzene rings is 1. The molecule has 27 heavy (non-hydrogen) atoms. The summed E-state index contributed by atoms with van der Waals surface area (Å²) in [6.07, 6.45) is 5.10. The van der Waals surface area contributed by atoms with Gasteiger partial charge in [-0.3, -0.25) is 0 Å². The highest BCUT2D eigenvalue weighted by Crippen LogP contribution is 2.30. The molecule has 2 heterocycles. The molecule has 0 aliphatic carbocycles. The maximum absolute atomic E-state index is 12.6. The number of carbonyl (C=O) groups is 1. The molecule has 10 heteroatoms. The summed E-state index contributed by atoms with van der Waals surface area (Å²) in [5.41, 5.74) is 1.63. The minimum absolute atomic E-state index is 0.00866. The molecule has 0 unspecified atom stereocenters. The van der Waals surface area contributed by atoms with Gasteiger partial charge in [-0.05, 0) is 29.9 Å². The molecule has 0 atom stereocenters. The van der Waals surface area contributed by atoms with E-state index in [1.54, 1.807) is 44.8 Å². The Kier molecular flexibility index (Phi) is 6.20. The third-order valence-electron chi connectivity index (χ3n) is 3.64. The molecule has 2 aromatic heterocycles. The van der Waals surface area contributed by atoms with E-state index >= 15 is 0 Å². The second-order valence-electron chi connectivity index (χ2n) is 5.13. The Morgan fingerprint density at radius 3 is 2.41 bits per heavy atom. The van der Waals surface area contributed by atoms with Crippen LogP contribution in [0.1, 0.15) is 15.2 Å². The van der Waals surface area contributed by atoms with Crippen molar-refractivity contribution in [1.29, 1.82) is 0 Å². The lowest BCUT2D eigenvalue weighted by molar-refractivity contribution is 0.0474. The summed E-state index contributed by atoms with van der Waals surface area (Å²) in [4.78, 5) is 21.3. The summed E-state index contributed by atoms with van der Waals surface area (Å²) in [5.74, 6) is 0.610. The first-order valence-electron chi connectivity index (χ1n) is 7.73. The standard InChI is InChI=1S/C17H16N4O4S2/c1-23-12-5-4-6-13(24-2)11(12)9-25-16(22)15-14(20-21-27-15)10-7-18-17(26-3)19-8-10/h4-8H,9H2,1-3H3. The lowest BCUT2D eigenvalue weighted by Crippen LogP contribution is -2.07. The zero-order valence-corrected chi connectivity index (χ0v) is 16.5. The quantitative estimate of drug-likeness (QED) is 0.334. The Hall–Kier alpha value is -2.72. The summed E-state index contributed by atoms with van der Waals surface area (Å²) in [6.45, 7) is -0.00866. The third kappa shape index (κ3) is 4.17. The lowest BCUT2D eigenvalue weighted by atomic mass is 10.2. The molecule has 0 bridgehead atoms. The summed E-state index contributed by atoms with van der Waals surface area (Å²) in [7, 11) is 3.09. The molecule has 0 aliphatic rings. The van der Waals surface area contributed by atoms with Gasteiger partial charge in [-0.1, -0.05) is 22.3 Å². The summed E-state index contributed by atoms with van der Waals surface area (Å²) < 4.78 is 19.9. The van der Waals surface area contributed by atoms with Gasteiger partial charge in [0.15, 0.2) is 10.0 Å². The molecule has 3 rings (SSSR count). The summed E-state index contributed by atoms with van der Waals surface area (Å²) in [5, 5.41) is 4.65. The monoisotopic (exact) mass is 404 g/mol. The van der Waals surface area contributed by atoms with E-state index in [2.05, 4.69) is 19.6 Å². The van der Waals surface area contributed by atoms with Crippen molar-refractivity contribution in [2.75, 3.05) is 20.5 Å². The van der Waals surface area contributed by atoms with Crippen molar-refractivity contribution in [3.8, 4) is 22.8 Å². The van der Waals surface area contributed by atoms with Crippen LogP contribution in [0.2, 0.25) is 0 Å². The molecule has 0 radical (unpaired) electrons. The van der Waals surface area contributed by atoms with E-state index in [0.717, 1.165) is 11.5 Å². The van der Waals surface area contributed by atoms with E-state index in [4.69, 9.17) is 14.2 Å². The lowest BCUT2D eigenvalue weighted by Gasteiger charge is -2.13. The molecule has 0 saturated carbocycles. The number of hydrogen-bond donors (Lipinski definition) is 0. The van der Waals surface area contributed by atoms with Crippen molar-refractivity contribution >= 4 is 29.3 Å². The molecule has 1 aromatic carbocycles. The van der Waals surface area contributed by atoms with Gasteiger partial charge in [0.05, 0.1) is 19.8 Å². The largest absolute Gasteiger partial charge is 0.496 e. The first-order valence-corrected chi connectivity index (χ1v) is 9.73. The Balaban J connectivity index is 1.79. The second-order valence-corrected chi connectivity index (χ2v) is 6.65. The molecular weight excluding hydrogens is 388 g/mol. The van der Waals surface area contributed by atoms with Gasteiger partial charge < -0.3 is 14.2 Å². The number of nitrogens with zero attached hydrogens (tertiary/aromatic N) is 4. The Labute approximate surface area is 164 Å². The zero-order valence-electron chi connectivity index (χ0n) is 14.8. The van der Waals surface area contributed by atoms with Crippen LogP contribution < -0.4 is 9.47 Å². The minimum atomic E-state index is -0.540. The number of hydrogen-bond acceptors (Lipinski definition) is 10. The fraction of sp³-hybridized carbons (Fsp3) is 0.235. The van der Waals surface area contributed by atoms with Gasteiger partial charge >= 0.3 is 5.97 Å². The van der Waals surface area contributed by atoms with E-state index in [0.29, 0.717) is 33.5 Å². The molecule has 0 fully saturated rings. The number of ether oxygens (including phenoxy) is 3. The van der Waals surface area contributed by atoms with Crippen LogP contribution in [0.4, 0.5) is 0 Å². The van der Waals surface area contributed by atoms with E-state index < -0.39 is 5.97 Å². The normalized spacial score (nSPS) is 10.5. The summed E-state index contributed by atoms with van der Waals surface area (Å²) in [6, 6.07) is 5.35. The van der Waals surface area contributed by atoms with Gasteiger partial charge in [-0.25, -0.2) is 14.8 Å². The van der Waals surface area contributed by atoms with E-state index in [1.807, 2.05) is 6.26 Å². The molecule has 0 N–H and O–H groups in total. The van der Waals surface area contributed by atoms with E-state index in [1.165, 1.54) is 11.8 Å². The average molecular weight is 404 g/mol. The highest BCUT2D eigenvalue weighted by atomic mass is 32.2. The van der Waals surface area contributed by atoms with E-state index in [9.17, 15) is 4.79 Å². The number of rotatable bonds is 7. The SMILES string of the molecule is COc1cccc(OC)c1COC(=O)c1snnc1-c1cnc(SC)nc1. The number of esters is 1. The van der Waals surface area contributed by atoms with Crippen molar-refractivity contribution in [1.82, 2.24) is 19.6 Å². The average Bonchev–Trinajstić information content (AvgIpc) is 3.21. The van der Waals surface area contributed by atoms with Crippen molar-refractivity contribution < 1.29 is 19.0 Å². The van der Waals surface area contributed by atoms with Gasteiger partial charge in [0.1, 0.15) is 23.8 Å². The van der Waals surface area contributed by atoms with Crippen LogP contribution in [0, 0.1) is 0 Å². The molecule has 0 amide bonds. The smallest absolute Gasteiger partial charge is 0.352 e. The van der Waals surface area contributed by atoms with Gasteiger partial charge in [0.2, 0.25) is 0 Å². The fourth-order valence-corrected chi connectivity index (χ4v) is 3.23. The maximum Gasteiger partial charge on any atom is 0.352 e. The predicted molar refractivity (Wildman–Crippen MR) is 101 cm³/mol. The van der Waals surface area contributed by atoms with Crippen molar-refractivity contribution in [2.24, 2.45) is 0 Å². The topological polar surface area (TPSA) is 96.3 Å². The van der Waals surface area contributed by atoms with Crippen LogP contribution >= 0.6 is 23.3 Å². The third-order valence-corrected chi connectivity index (χ3v) is 4.92. The Morgan fingerprint density at radius 2 is 1.81 bits per heavy atom. The van der Waals surface area contributed by atoms with Crippen molar-refractivity contribution in [3.05, 3.63) is 41.0 Å². The van der Waals surface area contributed by atoms with Crippen LogP contribution in [-0.4, -0.2) is 46.0 Å². The van der Waals surface area contributed by atoms with E-state index in [-0.39, 0.29) is 11.5 Å². The van der Waals surface area contributed by atoms with Crippen LogP contribution in [0.15, 0.2) is 35.7 Å². The zero-order chi connectivity index (χ0) is 19.2. The van der Waals surface area contributed by atoms with Crippen LogP contribution in [0.25, 0.3) is 11.3 Å². The number of thioether (sulfide) groups is 1. The Bertz CT molecular complexity index is 909. The van der Waals surface area contributed by atoms with Crippen LogP contribution in [-0.2, 0) is 11.3 Å². The second kappa shape index (κ2) is 8.78. The number of methoxy groups -OCH3 is 2. The van der Waals surface area contributed by atoms with Crippen LogP contribution in [0.3, 0.4) is 0 Å². The molecule has 0 saturated heterocycles. The van der Waals surface area contributed by atoms with Gasteiger partial charge in [0, 0.05) is 18.0 Å².